The molecule has 0 saturated carbocycles. The minimum atomic E-state index is -0.912. The van der Waals surface area contributed by atoms with Gasteiger partial charge in [0.25, 0.3) is 0 Å². The molecule has 2 N–H and O–H groups in total. The molecule has 1 aromatic heterocycles. The summed E-state index contributed by atoms with van der Waals surface area (Å²) in [4.78, 5) is 1.33. The Kier molecular flexibility index (Phi) is 4.80. The summed E-state index contributed by atoms with van der Waals surface area (Å²) in [5, 5.41) is 18.5. The summed E-state index contributed by atoms with van der Waals surface area (Å²) in [6.45, 7) is 2.37. The molecule has 5 heteroatoms. The number of rotatable bonds is 5. The molecule has 3 rings (SSSR count). The van der Waals surface area contributed by atoms with Crippen LogP contribution in [0.25, 0.3) is 0 Å². The zero-order valence-corrected chi connectivity index (χ0v) is 14.9. The fourth-order valence-corrected chi connectivity index (χ4v) is 3.72. The Morgan fingerprint density at radius 2 is 2.30 bits per heavy atom. The molecule has 1 aromatic carbocycles. The average molecular weight is 331 g/mol. The van der Waals surface area contributed by atoms with E-state index >= 15 is 0 Å². The predicted octanol–water partition coefficient (Wildman–Crippen LogP) is 3.02. The number of aryl methyl sites for hydroxylation is 2. The molecule has 0 aliphatic heterocycles. The van der Waals surface area contributed by atoms with Gasteiger partial charge in [0.2, 0.25) is 0 Å². The van der Waals surface area contributed by atoms with Crippen LogP contribution in [-0.4, -0.2) is 27.7 Å². The van der Waals surface area contributed by atoms with Crippen molar-refractivity contribution in [1.82, 2.24) is 15.1 Å². The average Bonchev–Trinajstić information content (AvgIpc) is 2.99. The normalized spacial score (nSPS) is 20.1. The number of nitrogens with zero attached hydrogens (tertiary/aromatic N) is 2. The van der Waals surface area contributed by atoms with E-state index in [1.807, 2.05) is 20.2 Å². The third-order valence-electron chi connectivity index (χ3n) is 4.68. The lowest BCUT2D eigenvalue weighted by Crippen LogP contribution is -2.38. The number of aromatic nitrogens is 2. The molecule has 2 aromatic rings. The van der Waals surface area contributed by atoms with Gasteiger partial charge >= 0.3 is 0 Å². The van der Waals surface area contributed by atoms with Crippen molar-refractivity contribution >= 4 is 11.8 Å². The van der Waals surface area contributed by atoms with Crippen LogP contribution in [0.1, 0.15) is 42.5 Å². The minimum absolute atomic E-state index is 0.317. The van der Waals surface area contributed by atoms with Gasteiger partial charge in [-0.15, -0.1) is 11.8 Å². The van der Waals surface area contributed by atoms with E-state index in [1.165, 1.54) is 22.4 Å². The molecule has 1 heterocycles. The third kappa shape index (κ3) is 3.62. The first-order chi connectivity index (χ1) is 11.0. The van der Waals surface area contributed by atoms with Gasteiger partial charge in [-0.2, -0.15) is 5.10 Å². The number of hydrogen-bond donors (Lipinski definition) is 2. The molecular weight excluding hydrogens is 306 g/mol. The van der Waals surface area contributed by atoms with Crippen LogP contribution in [0.3, 0.4) is 0 Å². The number of hydrogen-bond acceptors (Lipinski definition) is 4. The van der Waals surface area contributed by atoms with E-state index in [0.29, 0.717) is 12.6 Å². The van der Waals surface area contributed by atoms with Crippen molar-refractivity contribution < 1.29 is 5.11 Å². The van der Waals surface area contributed by atoms with Crippen molar-refractivity contribution in [3.8, 4) is 0 Å². The maximum atomic E-state index is 10.7. The topological polar surface area (TPSA) is 50.1 Å². The van der Waals surface area contributed by atoms with E-state index in [0.717, 1.165) is 18.4 Å². The Morgan fingerprint density at radius 3 is 3.00 bits per heavy atom. The molecule has 4 nitrogen and oxygen atoms in total. The lowest BCUT2D eigenvalue weighted by Gasteiger charge is -2.30. The largest absolute Gasteiger partial charge is 0.384 e. The third-order valence-corrected chi connectivity index (χ3v) is 5.41. The molecule has 124 valence electrons. The molecule has 0 bridgehead atoms. The van der Waals surface area contributed by atoms with E-state index in [9.17, 15) is 5.11 Å². The van der Waals surface area contributed by atoms with E-state index in [-0.39, 0.29) is 0 Å². The minimum Gasteiger partial charge on any atom is -0.384 e. The summed E-state index contributed by atoms with van der Waals surface area (Å²) in [6, 6.07) is 7.07. The standard InChI is InChI=1S/C18H25N3OS/c1-18(22,14-10-20-21(2)11-14)12-19-17-6-4-5-13-9-15(23-3)7-8-16(13)17/h7-11,17,19,22H,4-6,12H2,1-3H3. The monoisotopic (exact) mass is 331 g/mol. The highest BCUT2D eigenvalue weighted by Crippen LogP contribution is 2.33. The summed E-state index contributed by atoms with van der Waals surface area (Å²) in [5.41, 5.74) is 2.77. The van der Waals surface area contributed by atoms with Gasteiger partial charge in [-0.1, -0.05) is 6.07 Å². The van der Waals surface area contributed by atoms with Gasteiger partial charge in [0.05, 0.1) is 6.20 Å². The lowest BCUT2D eigenvalue weighted by molar-refractivity contribution is 0.0530. The molecule has 0 amide bonds. The highest BCUT2D eigenvalue weighted by atomic mass is 32.2. The molecule has 23 heavy (non-hydrogen) atoms. The smallest absolute Gasteiger partial charge is 0.102 e. The Labute approximate surface area is 142 Å². The molecule has 0 saturated heterocycles. The Balaban J connectivity index is 1.72. The fraction of sp³-hybridized carbons (Fsp3) is 0.500. The summed E-state index contributed by atoms with van der Waals surface area (Å²) < 4.78 is 1.73. The summed E-state index contributed by atoms with van der Waals surface area (Å²) >= 11 is 1.79. The van der Waals surface area contributed by atoms with Gasteiger partial charge in [-0.3, -0.25) is 4.68 Å². The van der Waals surface area contributed by atoms with E-state index in [1.54, 1.807) is 22.6 Å². The maximum Gasteiger partial charge on any atom is 0.102 e. The molecule has 0 radical (unpaired) electrons. The zero-order chi connectivity index (χ0) is 16.4. The Bertz CT molecular complexity index is 681. The van der Waals surface area contributed by atoms with Gasteiger partial charge in [0.15, 0.2) is 0 Å². The van der Waals surface area contributed by atoms with Gasteiger partial charge in [-0.05, 0) is 55.7 Å². The van der Waals surface area contributed by atoms with Crippen molar-refractivity contribution in [3.63, 3.8) is 0 Å². The molecule has 2 atom stereocenters. The zero-order valence-electron chi connectivity index (χ0n) is 14.0. The summed E-state index contributed by atoms with van der Waals surface area (Å²) in [7, 11) is 1.87. The predicted molar refractivity (Wildman–Crippen MR) is 94.7 cm³/mol. The number of thioether (sulfide) groups is 1. The summed E-state index contributed by atoms with van der Waals surface area (Å²) in [6.07, 6.45) is 9.20. The molecule has 1 aliphatic carbocycles. The van der Waals surface area contributed by atoms with Gasteiger partial charge in [0, 0.05) is 36.3 Å². The first-order valence-corrected chi connectivity index (χ1v) is 9.34. The molecular formula is C18H25N3OS. The van der Waals surface area contributed by atoms with Crippen molar-refractivity contribution in [3.05, 3.63) is 47.3 Å². The van der Waals surface area contributed by atoms with Crippen LogP contribution in [0.2, 0.25) is 0 Å². The van der Waals surface area contributed by atoms with E-state index < -0.39 is 5.60 Å². The SMILES string of the molecule is CSc1ccc2c(c1)CCCC2NCC(C)(O)c1cnn(C)c1. The van der Waals surface area contributed by atoms with Crippen LogP contribution in [0.5, 0.6) is 0 Å². The Morgan fingerprint density at radius 1 is 1.48 bits per heavy atom. The number of aliphatic hydroxyl groups is 1. The van der Waals surface area contributed by atoms with Gasteiger partial charge in [-0.25, -0.2) is 0 Å². The first kappa shape index (κ1) is 16.6. The maximum absolute atomic E-state index is 10.7. The van der Waals surface area contributed by atoms with E-state index in [4.69, 9.17) is 0 Å². The van der Waals surface area contributed by atoms with Crippen molar-refractivity contribution in [1.29, 1.82) is 0 Å². The molecule has 0 spiro atoms. The van der Waals surface area contributed by atoms with Gasteiger partial charge in [0.1, 0.15) is 5.60 Å². The highest BCUT2D eigenvalue weighted by molar-refractivity contribution is 7.98. The van der Waals surface area contributed by atoms with Crippen molar-refractivity contribution in [2.75, 3.05) is 12.8 Å². The second-order valence-electron chi connectivity index (χ2n) is 6.57. The quantitative estimate of drug-likeness (QED) is 0.827. The number of fused-ring (bicyclic) bond motifs is 1. The molecule has 0 fully saturated rings. The lowest BCUT2D eigenvalue weighted by atomic mass is 9.87. The Hall–Kier alpha value is -1.30. The van der Waals surface area contributed by atoms with Crippen molar-refractivity contribution in [2.24, 2.45) is 7.05 Å². The van der Waals surface area contributed by atoms with Crippen LogP contribution >= 0.6 is 11.8 Å². The highest BCUT2D eigenvalue weighted by Gasteiger charge is 2.27. The van der Waals surface area contributed by atoms with Crippen LogP contribution < -0.4 is 5.32 Å². The van der Waals surface area contributed by atoms with Gasteiger partial charge < -0.3 is 10.4 Å². The van der Waals surface area contributed by atoms with Crippen LogP contribution in [0.4, 0.5) is 0 Å². The molecule has 2 unspecified atom stereocenters. The number of nitrogens with one attached hydrogen (secondary N) is 1. The second-order valence-corrected chi connectivity index (χ2v) is 7.45. The number of benzene rings is 1. The summed E-state index contributed by atoms with van der Waals surface area (Å²) in [5.74, 6) is 0. The van der Waals surface area contributed by atoms with E-state index in [2.05, 4.69) is 34.9 Å². The van der Waals surface area contributed by atoms with Crippen LogP contribution in [0, 0.1) is 0 Å². The van der Waals surface area contributed by atoms with Crippen molar-refractivity contribution in [2.45, 2.75) is 42.7 Å². The second kappa shape index (κ2) is 6.67. The fourth-order valence-electron chi connectivity index (χ4n) is 3.25. The van der Waals surface area contributed by atoms with Crippen LogP contribution in [0.15, 0.2) is 35.5 Å². The van der Waals surface area contributed by atoms with Crippen LogP contribution in [-0.2, 0) is 19.1 Å². The first-order valence-electron chi connectivity index (χ1n) is 8.11. The molecule has 1 aliphatic rings.